The van der Waals surface area contributed by atoms with Crippen LogP contribution in [0.2, 0.25) is 0 Å². The second-order valence-electron chi connectivity index (χ2n) is 5.80. The number of likely N-dealkylation sites (N-methyl/N-ethyl adjacent to an activating group) is 1. The number of alkyl halides is 2. The van der Waals surface area contributed by atoms with Crippen LogP contribution in [0.15, 0.2) is 0 Å². The van der Waals surface area contributed by atoms with Crippen LogP contribution < -0.4 is 0 Å². The second kappa shape index (κ2) is 6.25. The lowest BCUT2D eigenvalue weighted by Crippen LogP contribution is -2.49. The van der Waals surface area contributed by atoms with Crippen molar-refractivity contribution < 1.29 is 28.2 Å². The molecule has 2 fully saturated rings. The Bertz CT molecular complexity index is 406. The van der Waals surface area contributed by atoms with Crippen molar-refractivity contribution in [2.24, 2.45) is 11.8 Å². The average molecular weight is 305 g/mol. The van der Waals surface area contributed by atoms with Crippen molar-refractivity contribution in [1.82, 2.24) is 4.90 Å². The topological polar surface area (TPSA) is 66.8 Å². The molecule has 0 aromatic heterocycles. The molecule has 2 aliphatic rings. The standard InChI is InChI=1S/C14H21F2NO4/c1-2-17(11-8-21-7-10(11)13(19)20)12(18)9-3-5-14(15,16)6-4-9/h9-11H,2-8H2,1H3,(H,19,20). The van der Waals surface area contributed by atoms with Crippen molar-refractivity contribution in [2.75, 3.05) is 19.8 Å². The predicted octanol–water partition coefficient (Wildman–Crippen LogP) is 1.76. The zero-order chi connectivity index (χ0) is 15.6. The van der Waals surface area contributed by atoms with E-state index in [1.165, 1.54) is 4.90 Å². The molecule has 0 aromatic carbocycles. The largest absolute Gasteiger partial charge is 0.481 e. The highest BCUT2D eigenvalue weighted by Crippen LogP contribution is 2.37. The molecule has 2 unspecified atom stereocenters. The van der Waals surface area contributed by atoms with E-state index in [0.29, 0.717) is 6.54 Å². The maximum atomic E-state index is 13.2. The number of nitrogens with zero attached hydrogens (tertiary/aromatic N) is 1. The Morgan fingerprint density at radius 2 is 1.90 bits per heavy atom. The molecule has 1 saturated carbocycles. The molecule has 0 radical (unpaired) electrons. The molecule has 2 rings (SSSR count). The minimum absolute atomic E-state index is 0.0898. The first-order valence-electron chi connectivity index (χ1n) is 7.34. The molecular formula is C14H21F2NO4. The summed E-state index contributed by atoms with van der Waals surface area (Å²) in [7, 11) is 0. The number of hydrogen-bond acceptors (Lipinski definition) is 3. The Hall–Kier alpha value is -1.24. The first-order chi connectivity index (χ1) is 9.85. The van der Waals surface area contributed by atoms with E-state index in [-0.39, 0.29) is 44.8 Å². The summed E-state index contributed by atoms with van der Waals surface area (Å²) in [5.74, 6) is -5.04. The number of hydrogen-bond donors (Lipinski definition) is 1. The molecule has 5 nitrogen and oxygen atoms in total. The van der Waals surface area contributed by atoms with Crippen LogP contribution in [0.4, 0.5) is 8.78 Å². The van der Waals surface area contributed by atoms with Crippen LogP contribution >= 0.6 is 0 Å². The molecule has 1 aliphatic carbocycles. The fraction of sp³-hybridized carbons (Fsp3) is 0.857. The summed E-state index contributed by atoms with van der Waals surface area (Å²) in [5, 5.41) is 9.17. The van der Waals surface area contributed by atoms with Crippen LogP contribution in [-0.4, -0.2) is 53.6 Å². The van der Waals surface area contributed by atoms with E-state index in [4.69, 9.17) is 4.74 Å². The second-order valence-corrected chi connectivity index (χ2v) is 5.80. The zero-order valence-corrected chi connectivity index (χ0v) is 12.1. The van der Waals surface area contributed by atoms with Gasteiger partial charge in [-0.2, -0.15) is 0 Å². The van der Waals surface area contributed by atoms with Crippen molar-refractivity contribution in [3.63, 3.8) is 0 Å². The van der Waals surface area contributed by atoms with Gasteiger partial charge in [-0.1, -0.05) is 0 Å². The molecule has 120 valence electrons. The SMILES string of the molecule is CCN(C(=O)C1CCC(F)(F)CC1)C1COCC1C(=O)O. The molecule has 1 saturated heterocycles. The fourth-order valence-corrected chi connectivity index (χ4v) is 3.16. The van der Waals surface area contributed by atoms with Gasteiger partial charge in [0.2, 0.25) is 11.8 Å². The summed E-state index contributed by atoms with van der Waals surface area (Å²) < 4.78 is 31.5. The number of rotatable bonds is 4. The first-order valence-corrected chi connectivity index (χ1v) is 7.34. The molecule has 0 spiro atoms. The summed E-state index contributed by atoms with van der Waals surface area (Å²) in [4.78, 5) is 25.2. The Labute approximate surface area is 122 Å². The van der Waals surface area contributed by atoms with E-state index in [2.05, 4.69) is 0 Å². The van der Waals surface area contributed by atoms with E-state index in [9.17, 15) is 23.5 Å². The van der Waals surface area contributed by atoms with Crippen LogP contribution in [-0.2, 0) is 14.3 Å². The highest BCUT2D eigenvalue weighted by Gasteiger charge is 2.43. The number of halogens is 2. The van der Waals surface area contributed by atoms with Gasteiger partial charge in [0.1, 0.15) is 5.92 Å². The number of carbonyl (C=O) groups excluding carboxylic acids is 1. The minimum atomic E-state index is -2.67. The molecule has 1 amide bonds. The lowest BCUT2D eigenvalue weighted by atomic mass is 9.85. The van der Waals surface area contributed by atoms with Crippen molar-refractivity contribution >= 4 is 11.9 Å². The molecule has 2 atom stereocenters. The maximum Gasteiger partial charge on any atom is 0.311 e. The maximum absolute atomic E-state index is 13.2. The molecule has 1 aliphatic heterocycles. The van der Waals surface area contributed by atoms with E-state index in [0.717, 1.165) is 0 Å². The number of carboxylic acid groups (broad SMARTS) is 1. The Morgan fingerprint density at radius 1 is 1.29 bits per heavy atom. The van der Waals surface area contributed by atoms with Crippen molar-refractivity contribution in [3.8, 4) is 0 Å². The molecule has 0 aromatic rings. The van der Waals surface area contributed by atoms with Gasteiger partial charge in [-0.15, -0.1) is 0 Å². The molecule has 1 heterocycles. The van der Waals surface area contributed by atoms with Crippen LogP contribution in [0.1, 0.15) is 32.6 Å². The third kappa shape index (κ3) is 3.51. The van der Waals surface area contributed by atoms with Crippen LogP contribution in [0.5, 0.6) is 0 Å². The van der Waals surface area contributed by atoms with E-state index in [1.54, 1.807) is 6.92 Å². The Balaban J connectivity index is 2.03. The Morgan fingerprint density at radius 3 is 2.43 bits per heavy atom. The highest BCUT2D eigenvalue weighted by atomic mass is 19.3. The molecule has 0 bridgehead atoms. The summed E-state index contributed by atoms with van der Waals surface area (Å²) in [6.07, 6.45) is -0.226. The summed E-state index contributed by atoms with van der Waals surface area (Å²) >= 11 is 0. The van der Waals surface area contributed by atoms with E-state index >= 15 is 0 Å². The van der Waals surface area contributed by atoms with Gasteiger partial charge >= 0.3 is 5.97 Å². The van der Waals surface area contributed by atoms with Gasteiger partial charge in [-0.3, -0.25) is 9.59 Å². The van der Waals surface area contributed by atoms with Gasteiger partial charge in [0.25, 0.3) is 0 Å². The van der Waals surface area contributed by atoms with Gasteiger partial charge in [0.15, 0.2) is 0 Å². The smallest absolute Gasteiger partial charge is 0.311 e. The number of amides is 1. The number of aliphatic carboxylic acids is 1. The predicted molar refractivity (Wildman–Crippen MR) is 70.0 cm³/mol. The fourth-order valence-electron chi connectivity index (χ4n) is 3.16. The molecular weight excluding hydrogens is 284 g/mol. The van der Waals surface area contributed by atoms with Crippen LogP contribution in [0.3, 0.4) is 0 Å². The van der Waals surface area contributed by atoms with Gasteiger partial charge < -0.3 is 14.7 Å². The van der Waals surface area contributed by atoms with E-state index in [1.807, 2.05) is 0 Å². The number of ether oxygens (including phenoxy) is 1. The van der Waals surface area contributed by atoms with Gasteiger partial charge in [-0.05, 0) is 19.8 Å². The lowest BCUT2D eigenvalue weighted by molar-refractivity contribution is -0.147. The monoisotopic (exact) mass is 305 g/mol. The third-order valence-electron chi connectivity index (χ3n) is 4.46. The Kier molecular flexibility index (Phi) is 4.81. The van der Waals surface area contributed by atoms with Gasteiger partial charge in [0, 0.05) is 25.3 Å². The van der Waals surface area contributed by atoms with E-state index < -0.39 is 29.8 Å². The minimum Gasteiger partial charge on any atom is -0.481 e. The number of carboxylic acids is 1. The molecule has 7 heteroatoms. The normalized spacial score (nSPS) is 29.3. The first kappa shape index (κ1) is 16.1. The number of carbonyl (C=O) groups is 2. The lowest BCUT2D eigenvalue weighted by Gasteiger charge is -2.35. The van der Waals surface area contributed by atoms with Crippen LogP contribution in [0.25, 0.3) is 0 Å². The van der Waals surface area contributed by atoms with Crippen molar-refractivity contribution in [2.45, 2.75) is 44.6 Å². The molecule has 1 N–H and O–H groups in total. The van der Waals surface area contributed by atoms with Gasteiger partial charge in [-0.25, -0.2) is 8.78 Å². The third-order valence-corrected chi connectivity index (χ3v) is 4.46. The summed E-state index contributed by atoms with van der Waals surface area (Å²) in [5.41, 5.74) is 0. The quantitative estimate of drug-likeness (QED) is 0.859. The van der Waals surface area contributed by atoms with Crippen LogP contribution in [0, 0.1) is 11.8 Å². The average Bonchev–Trinajstić information content (AvgIpc) is 2.88. The van der Waals surface area contributed by atoms with Crippen molar-refractivity contribution in [3.05, 3.63) is 0 Å². The van der Waals surface area contributed by atoms with Gasteiger partial charge in [0.05, 0.1) is 19.3 Å². The summed E-state index contributed by atoms with van der Waals surface area (Å²) in [6.45, 7) is 2.42. The molecule has 21 heavy (non-hydrogen) atoms. The summed E-state index contributed by atoms with van der Waals surface area (Å²) in [6, 6.07) is -0.498. The zero-order valence-electron chi connectivity index (χ0n) is 12.1. The van der Waals surface area contributed by atoms with Crippen molar-refractivity contribution in [1.29, 1.82) is 0 Å². The highest BCUT2D eigenvalue weighted by molar-refractivity contribution is 5.80.